The number of aryl methyl sites for hydroxylation is 2. The van der Waals surface area contributed by atoms with E-state index in [2.05, 4.69) is 0 Å². The number of amides is 1. The molecule has 0 N–H and O–H groups in total. The molecule has 1 aliphatic rings. The molecule has 0 spiro atoms. The minimum absolute atomic E-state index is 0.114. The molecule has 29 heavy (non-hydrogen) atoms. The summed E-state index contributed by atoms with van der Waals surface area (Å²) >= 11 is 0. The lowest BCUT2D eigenvalue weighted by Crippen LogP contribution is -2.50. The number of carbonyl (C=O) groups is 2. The number of hydrogen-bond acceptors (Lipinski definition) is 4. The summed E-state index contributed by atoms with van der Waals surface area (Å²) in [5.41, 5.74) is 2.07. The first-order valence-corrected chi connectivity index (χ1v) is 9.88. The summed E-state index contributed by atoms with van der Waals surface area (Å²) in [5, 5.41) is 0. The van der Waals surface area contributed by atoms with Crippen LogP contribution < -0.4 is 4.74 Å². The van der Waals surface area contributed by atoms with E-state index in [1.165, 1.54) is 6.07 Å². The van der Waals surface area contributed by atoms with E-state index in [-0.39, 0.29) is 23.8 Å². The van der Waals surface area contributed by atoms with Crippen molar-refractivity contribution in [3.63, 3.8) is 0 Å². The van der Waals surface area contributed by atoms with E-state index >= 15 is 0 Å². The maximum absolute atomic E-state index is 13.9. The highest BCUT2D eigenvalue weighted by atomic mass is 19.1. The van der Waals surface area contributed by atoms with Gasteiger partial charge in [0.1, 0.15) is 11.6 Å². The number of nitrogens with zero attached hydrogens (tertiary/aromatic N) is 2. The molecule has 0 saturated carbocycles. The van der Waals surface area contributed by atoms with E-state index in [4.69, 9.17) is 4.74 Å². The van der Waals surface area contributed by atoms with Gasteiger partial charge in [-0.1, -0.05) is 23.8 Å². The zero-order valence-electron chi connectivity index (χ0n) is 17.0. The summed E-state index contributed by atoms with van der Waals surface area (Å²) in [7, 11) is 1.63. The Balaban J connectivity index is 1.46. The molecule has 154 valence electrons. The number of methoxy groups -OCH3 is 1. The topological polar surface area (TPSA) is 49.9 Å². The molecule has 5 nitrogen and oxygen atoms in total. The van der Waals surface area contributed by atoms with Gasteiger partial charge in [-0.05, 0) is 43.2 Å². The standard InChI is InChI=1S/C23H27FN2O3/c1-17-6-8-21(24)20(14-17)22(27)16-25-10-12-26(13-11-25)23(28)9-7-18-4-3-5-19(15-18)29-2/h3-6,8,14-15H,7,9-13,16H2,1-2H3. The van der Waals surface area contributed by atoms with E-state index in [1.807, 2.05) is 41.0 Å². The second-order valence-electron chi connectivity index (χ2n) is 7.41. The predicted octanol–water partition coefficient (Wildman–Crippen LogP) is 3.10. The van der Waals surface area contributed by atoms with Gasteiger partial charge in [-0.15, -0.1) is 0 Å². The van der Waals surface area contributed by atoms with Crippen molar-refractivity contribution in [2.75, 3.05) is 39.8 Å². The quantitative estimate of drug-likeness (QED) is 0.673. The molecular weight excluding hydrogens is 371 g/mol. The summed E-state index contributed by atoms with van der Waals surface area (Å²) in [6.45, 7) is 4.41. The van der Waals surface area contributed by atoms with Crippen LogP contribution in [0.5, 0.6) is 5.75 Å². The largest absolute Gasteiger partial charge is 0.497 e. The summed E-state index contributed by atoms with van der Waals surface area (Å²) < 4.78 is 19.1. The Morgan fingerprint density at radius 2 is 1.83 bits per heavy atom. The first kappa shape index (κ1) is 21.0. The Morgan fingerprint density at radius 1 is 1.07 bits per heavy atom. The Morgan fingerprint density at radius 3 is 2.55 bits per heavy atom. The minimum Gasteiger partial charge on any atom is -0.497 e. The van der Waals surface area contributed by atoms with E-state index in [0.717, 1.165) is 16.9 Å². The third-order valence-corrected chi connectivity index (χ3v) is 5.28. The molecule has 1 aliphatic heterocycles. The maximum atomic E-state index is 13.9. The molecule has 2 aromatic carbocycles. The second-order valence-corrected chi connectivity index (χ2v) is 7.41. The van der Waals surface area contributed by atoms with Crippen molar-refractivity contribution < 1.29 is 18.7 Å². The van der Waals surface area contributed by atoms with Crippen molar-refractivity contribution in [1.29, 1.82) is 0 Å². The van der Waals surface area contributed by atoms with Crippen molar-refractivity contribution in [2.24, 2.45) is 0 Å². The van der Waals surface area contributed by atoms with Gasteiger partial charge in [0, 0.05) is 32.6 Å². The van der Waals surface area contributed by atoms with Crippen LogP contribution in [0.2, 0.25) is 0 Å². The van der Waals surface area contributed by atoms with Gasteiger partial charge in [0.05, 0.1) is 19.2 Å². The van der Waals surface area contributed by atoms with Gasteiger partial charge in [-0.3, -0.25) is 14.5 Å². The van der Waals surface area contributed by atoms with Gasteiger partial charge >= 0.3 is 0 Å². The highest BCUT2D eigenvalue weighted by Gasteiger charge is 2.23. The SMILES string of the molecule is COc1cccc(CCC(=O)N2CCN(CC(=O)c3cc(C)ccc3F)CC2)c1. The molecule has 0 aromatic heterocycles. The lowest BCUT2D eigenvalue weighted by molar-refractivity contribution is -0.132. The van der Waals surface area contributed by atoms with E-state index in [0.29, 0.717) is 39.0 Å². The Kier molecular flexibility index (Phi) is 6.99. The molecule has 0 atom stereocenters. The number of rotatable bonds is 7. The molecule has 0 bridgehead atoms. The van der Waals surface area contributed by atoms with Gasteiger partial charge in [0.25, 0.3) is 0 Å². The molecule has 2 aromatic rings. The lowest BCUT2D eigenvalue weighted by Gasteiger charge is -2.34. The molecule has 0 unspecified atom stereocenters. The fraction of sp³-hybridized carbons (Fsp3) is 0.391. The smallest absolute Gasteiger partial charge is 0.222 e. The number of carbonyl (C=O) groups excluding carboxylic acids is 2. The molecule has 6 heteroatoms. The van der Waals surface area contributed by atoms with Crippen LogP contribution in [0, 0.1) is 12.7 Å². The number of ketones is 1. The van der Waals surface area contributed by atoms with Crippen molar-refractivity contribution in [3.8, 4) is 5.75 Å². The molecule has 0 radical (unpaired) electrons. The van der Waals surface area contributed by atoms with Crippen LogP contribution in [0.1, 0.15) is 27.9 Å². The fourth-order valence-corrected chi connectivity index (χ4v) is 3.53. The predicted molar refractivity (Wildman–Crippen MR) is 110 cm³/mol. The highest BCUT2D eigenvalue weighted by Crippen LogP contribution is 2.15. The third-order valence-electron chi connectivity index (χ3n) is 5.28. The van der Waals surface area contributed by atoms with Gasteiger partial charge in [0.15, 0.2) is 5.78 Å². The summed E-state index contributed by atoms with van der Waals surface area (Å²) in [6, 6.07) is 12.3. The van der Waals surface area contributed by atoms with Crippen LogP contribution in [0.4, 0.5) is 4.39 Å². The number of ether oxygens (including phenoxy) is 1. The number of piperazine rings is 1. The van der Waals surface area contributed by atoms with Crippen molar-refractivity contribution in [3.05, 3.63) is 65.0 Å². The average molecular weight is 398 g/mol. The molecular formula is C23H27FN2O3. The summed E-state index contributed by atoms with van der Waals surface area (Å²) in [6.07, 6.45) is 1.11. The zero-order chi connectivity index (χ0) is 20.8. The highest BCUT2D eigenvalue weighted by molar-refractivity contribution is 5.98. The van der Waals surface area contributed by atoms with E-state index < -0.39 is 5.82 Å². The number of benzene rings is 2. The number of hydrogen-bond donors (Lipinski definition) is 0. The molecule has 1 saturated heterocycles. The minimum atomic E-state index is -0.480. The lowest BCUT2D eigenvalue weighted by atomic mass is 10.1. The number of Topliss-reactive ketones (excluding diaryl/α,β-unsaturated/α-hetero) is 1. The zero-order valence-corrected chi connectivity index (χ0v) is 17.0. The number of halogens is 1. The summed E-state index contributed by atoms with van der Waals surface area (Å²) in [5.74, 6) is 0.206. The molecule has 0 aliphatic carbocycles. The van der Waals surface area contributed by atoms with Crippen molar-refractivity contribution >= 4 is 11.7 Å². The van der Waals surface area contributed by atoms with Crippen LogP contribution in [0.15, 0.2) is 42.5 Å². The van der Waals surface area contributed by atoms with Crippen LogP contribution in [-0.2, 0) is 11.2 Å². The van der Waals surface area contributed by atoms with E-state index in [9.17, 15) is 14.0 Å². The monoisotopic (exact) mass is 398 g/mol. The van der Waals surface area contributed by atoms with Crippen LogP contribution in [0.3, 0.4) is 0 Å². The van der Waals surface area contributed by atoms with Crippen molar-refractivity contribution in [2.45, 2.75) is 19.8 Å². The Bertz CT molecular complexity index is 876. The van der Waals surface area contributed by atoms with Gasteiger partial charge in [-0.25, -0.2) is 4.39 Å². The van der Waals surface area contributed by atoms with Crippen molar-refractivity contribution in [1.82, 2.24) is 9.80 Å². The maximum Gasteiger partial charge on any atom is 0.222 e. The fourth-order valence-electron chi connectivity index (χ4n) is 3.53. The molecule has 1 fully saturated rings. The van der Waals surface area contributed by atoms with Gasteiger partial charge in [-0.2, -0.15) is 0 Å². The first-order chi connectivity index (χ1) is 14.0. The van der Waals surface area contributed by atoms with Gasteiger partial charge in [0.2, 0.25) is 5.91 Å². The Hall–Kier alpha value is -2.73. The summed E-state index contributed by atoms with van der Waals surface area (Å²) in [4.78, 5) is 28.8. The van der Waals surface area contributed by atoms with Crippen LogP contribution in [-0.4, -0.2) is 61.3 Å². The molecule has 1 amide bonds. The third kappa shape index (κ3) is 5.64. The molecule has 1 heterocycles. The first-order valence-electron chi connectivity index (χ1n) is 9.88. The second kappa shape index (κ2) is 9.65. The van der Waals surface area contributed by atoms with E-state index in [1.54, 1.807) is 19.2 Å². The van der Waals surface area contributed by atoms with Gasteiger partial charge < -0.3 is 9.64 Å². The van der Waals surface area contributed by atoms with Crippen LogP contribution >= 0.6 is 0 Å². The van der Waals surface area contributed by atoms with Crippen LogP contribution in [0.25, 0.3) is 0 Å². The molecule has 3 rings (SSSR count). The normalized spacial score (nSPS) is 14.7. The average Bonchev–Trinajstić information content (AvgIpc) is 2.74. The Labute approximate surface area is 171 Å².